The number of nitrogens with one attached hydrogen (secondary N) is 1. The second kappa shape index (κ2) is 4.53. The zero-order valence-corrected chi connectivity index (χ0v) is 10.1. The van der Waals surface area contributed by atoms with Crippen LogP contribution >= 0.6 is 0 Å². The Hall–Kier alpha value is -1.10. The van der Waals surface area contributed by atoms with Gasteiger partial charge >= 0.3 is 6.18 Å². The molecule has 1 aliphatic rings. The van der Waals surface area contributed by atoms with Gasteiger partial charge in [0.05, 0.1) is 5.56 Å². The Bertz CT molecular complexity index is 435. The van der Waals surface area contributed by atoms with Crippen molar-refractivity contribution in [2.24, 2.45) is 5.41 Å². The molecule has 0 spiro atoms. The van der Waals surface area contributed by atoms with Gasteiger partial charge in [-0.15, -0.1) is 0 Å². The molecule has 0 atom stereocenters. The Balaban J connectivity index is 2.06. The first-order valence-electron chi connectivity index (χ1n) is 5.87. The van der Waals surface area contributed by atoms with Gasteiger partial charge in [-0.2, -0.15) is 13.2 Å². The van der Waals surface area contributed by atoms with Crippen molar-refractivity contribution in [2.75, 3.05) is 6.54 Å². The van der Waals surface area contributed by atoms with Gasteiger partial charge in [0.1, 0.15) is 5.82 Å². The monoisotopic (exact) mass is 261 g/mol. The lowest BCUT2D eigenvalue weighted by Crippen LogP contribution is -2.23. The van der Waals surface area contributed by atoms with Crippen molar-refractivity contribution in [3.05, 3.63) is 35.1 Å². The summed E-state index contributed by atoms with van der Waals surface area (Å²) in [5, 5.41) is 3.01. The number of alkyl halides is 3. The largest absolute Gasteiger partial charge is 0.416 e. The summed E-state index contributed by atoms with van der Waals surface area (Å²) < 4.78 is 51.0. The summed E-state index contributed by atoms with van der Waals surface area (Å²) in [4.78, 5) is 0. The highest BCUT2D eigenvalue weighted by Crippen LogP contribution is 2.44. The molecule has 0 saturated heterocycles. The van der Waals surface area contributed by atoms with E-state index in [1.807, 2.05) is 0 Å². The van der Waals surface area contributed by atoms with Crippen LogP contribution in [0.25, 0.3) is 0 Å². The fourth-order valence-electron chi connectivity index (χ4n) is 1.86. The third-order valence-corrected chi connectivity index (χ3v) is 3.35. The summed E-state index contributed by atoms with van der Waals surface area (Å²) >= 11 is 0. The predicted molar refractivity (Wildman–Crippen MR) is 60.4 cm³/mol. The molecule has 0 aliphatic heterocycles. The highest BCUT2D eigenvalue weighted by atomic mass is 19.4. The average molecular weight is 261 g/mol. The van der Waals surface area contributed by atoms with Crippen LogP contribution in [0.15, 0.2) is 18.2 Å². The molecule has 5 heteroatoms. The highest BCUT2D eigenvalue weighted by molar-refractivity contribution is 5.30. The lowest BCUT2D eigenvalue weighted by molar-refractivity contribution is -0.138. The van der Waals surface area contributed by atoms with Gasteiger partial charge in [0.25, 0.3) is 0 Å². The van der Waals surface area contributed by atoms with E-state index in [-0.39, 0.29) is 17.5 Å². The molecule has 1 aliphatic carbocycles. The van der Waals surface area contributed by atoms with Crippen LogP contribution in [-0.4, -0.2) is 6.54 Å². The first kappa shape index (κ1) is 13.3. The smallest absolute Gasteiger partial charge is 0.312 e. The predicted octanol–water partition coefficient (Wildman–Crippen LogP) is 3.73. The molecule has 0 aromatic heterocycles. The number of hydrogen-bond donors (Lipinski definition) is 1. The summed E-state index contributed by atoms with van der Waals surface area (Å²) in [5.74, 6) is -0.861. The zero-order chi connectivity index (χ0) is 13.4. The van der Waals surface area contributed by atoms with Crippen molar-refractivity contribution >= 4 is 0 Å². The lowest BCUT2D eigenvalue weighted by atomic mass is 10.1. The van der Waals surface area contributed by atoms with Gasteiger partial charge < -0.3 is 5.32 Å². The summed E-state index contributed by atoms with van der Waals surface area (Å²) in [5.41, 5.74) is -0.567. The van der Waals surface area contributed by atoms with E-state index in [0.717, 1.165) is 18.9 Å². The van der Waals surface area contributed by atoms with Crippen LogP contribution in [0.4, 0.5) is 17.6 Å². The molecule has 0 amide bonds. The van der Waals surface area contributed by atoms with Crippen LogP contribution in [0, 0.1) is 11.2 Å². The Morgan fingerprint density at radius 2 is 1.94 bits per heavy atom. The van der Waals surface area contributed by atoms with E-state index in [1.165, 1.54) is 6.07 Å². The zero-order valence-electron chi connectivity index (χ0n) is 10.1. The topological polar surface area (TPSA) is 12.0 Å². The van der Waals surface area contributed by atoms with E-state index in [0.29, 0.717) is 12.6 Å². The Morgan fingerprint density at radius 1 is 1.28 bits per heavy atom. The van der Waals surface area contributed by atoms with Crippen LogP contribution < -0.4 is 5.32 Å². The molecule has 1 saturated carbocycles. The maximum atomic E-state index is 12.9. The van der Waals surface area contributed by atoms with Crippen molar-refractivity contribution in [2.45, 2.75) is 32.5 Å². The van der Waals surface area contributed by atoms with Crippen LogP contribution in [-0.2, 0) is 12.7 Å². The molecule has 1 nitrogen and oxygen atoms in total. The van der Waals surface area contributed by atoms with E-state index in [2.05, 4.69) is 12.2 Å². The SMILES string of the molecule is CC1(CNCc2ccc(F)cc2C(F)(F)F)CC1. The summed E-state index contributed by atoms with van der Waals surface area (Å²) in [6.45, 7) is 2.90. The van der Waals surface area contributed by atoms with Crippen molar-refractivity contribution < 1.29 is 17.6 Å². The standard InChI is InChI=1S/C13H15F4N/c1-12(4-5-12)8-18-7-9-2-3-10(14)6-11(9)13(15,16)17/h2-3,6,18H,4-5,7-8H2,1H3. The number of rotatable bonds is 4. The molecule has 0 unspecified atom stereocenters. The van der Waals surface area contributed by atoms with Crippen molar-refractivity contribution in [3.8, 4) is 0 Å². The molecule has 1 N–H and O–H groups in total. The van der Waals surface area contributed by atoms with Gasteiger partial charge in [-0.25, -0.2) is 4.39 Å². The van der Waals surface area contributed by atoms with E-state index in [9.17, 15) is 17.6 Å². The van der Waals surface area contributed by atoms with Crippen molar-refractivity contribution in [3.63, 3.8) is 0 Å². The summed E-state index contributed by atoms with van der Waals surface area (Å²) in [6.07, 6.45) is -2.30. The quantitative estimate of drug-likeness (QED) is 0.814. The van der Waals surface area contributed by atoms with E-state index in [4.69, 9.17) is 0 Å². The summed E-state index contributed by atoms with van der Waals surface area (Å²) in [6, 6.07) is 2.81. The summed E-state index contributed by atoms with van der Waals surface area (Å²) in [7, 11) is 0. The molecular weight excluding hydrogens is 246 g/mol. The Morgan fingerprint density at radius 3 is 2.50 bits per heavy atom. The number of benzene rings is 1. The van der Waals surface area contributed by atoms with Gasteiger partial charge in [0.15, 0.2) is 0 Å². The van der Waals surface area contributed by atoms with Crippen LogP contribution in [0.2, 0.25) is 0 Å². The van der Waals surface area contributed by atoms with Crippen LogP contribution in [0.5, 0.6) is 0 Å². The van der Waals surface area contributed by atoms with Gasteiger partial charge in [-0.1, -0.05) is 13.0 Å². The minimum Gasteiger partial charge on any atom is -0.312 e. The molecule has 1 aromatic rings. The van der Waals surface area contributed by atoms with E-state index >= 15 is 0 Å². The first-order chi connectivity index (χ1) is 8.30. The van der Waals surface area contributed by atoms with Gasteiger partial charge in [0, 0.05) is 13.1 Å². The van der Waals surface area contributed by atoms with E-state index in [1.54, 1.807) is 0 Å². The third kappa shape index (κ3) is 3.22. The van der Waals surface area contributed by atoms with Crippen molar-refractivity contribution in [1.82, 2.24) is 5.32 Å². The van der Waals surface area contributed by atoms with Gasteiger partial charge in [-0.05, 0) is 36.0 Å². The fraction of sp³-hybridized carbons (Fsp3) is 0.538. The van der Waals surface area contributed by atoms with Crippen LogP contribution in [0.3, 0.4) is 0 Å². The number of halogens is 4. The molecule has 2 rings (SSSR count). The number of hydrogen-bond acceptors (Lipinski definition) is 1. The maximum absolute atomic E-state index is 12.9. The average Bonchev–Trinajstić information content (AvgIpc) is 2.97. The van der Waals surface area contributed by atoms with Crippen LogP contribution in [0.1, 0.15) is 30.9 Å². The fourth-order valence-corrected chi connectivity index (χ4v) is 1.86. The Labute approximate surface area is 103 Å². The minimum atomic E-state index is -4.51. The van der Waals surface area contributed by atoms with Gasteiger partial charge in [0.2, 0.25) is 0 Å². The van der Waals surface area contributed by atoms with Gasteiger partial charge in [-0.3, -0.25) is 0 Å². The lowest BCUT2D eigenvalue weighted by Gasteiger charge is -2.15. The third-order valence-electron chi connectivity index (χ3n) is 3.35. The normalized spacial score (nSPS) is 17.8. The minimum absolute atomic E-state index is 0.0909. The molecular formula is C13H15F4N. The highest BCUT2D eigenvalue weighted by Gasteiger charge is 2.37. The molecule has 0 bridgehead atoms. The second-order valence-electron chi connectivity index (χ2n) is 5.21. The van der Waals surface area contributed by atoms with E-state index < -0.39 is 17.6 Å². The van der Waals surface area contributed by atoms with Crippen molar-refractivity contribution in [1.29, 1.82) is 0 Å². The Kier molecular flexibility index (Phi) is 3.36. The molecule has 0 radical (unpaired) electrons. The molecule has 1 fully saturated rings. The molecule has 100 valence electrons. The molecule has 0 heterocycles. The maximum Gasteiger partial charge on any atom is 0.416 e. The molecule has 1 aromatic carbocycles. The molecule has 18 heavy (non-hydrogen) atoms. The first-order valence-corrected chi connectivity index (χ1v) is 5.87. The second-order valence-corrected chi connectivity index (χ2v) is 5.21.